The second-order valence-corrected chi connectivity index (χ2v) is 5.89. The molecule has 0 saturated carbocycles. The van der Waals surface area contributed by atoms with Crippen LogP contribution in [0, 0.1) is 10.1 Å². The molecule has 1 atom stereocenters. The first-order valence-corrected chi connectivity index (χ1v) is 7.84. The molecule has 1 saturated heterocycles. The number of amides is 1. The molecule has 25 heavy (non-hydrogen) atoms. The van der Waals surface area contributed by atoms with Crippen LogP contribution in [0.4, 0.5) is 11.4 Å². The number of piperidine rings is 1. The average molecular weight is 373 g/mol. The number of fused-ring (bicyclic) bond motifs is 1. The molecule has 1 amide bonds. The van der Waals surface area contributed by atoms with E-state index < -0.39 is 4.92 Å². The maximum atomic E-state index is 12.3. The largest absolute Gasteiger partial charge is 0.454 e. The van der Waals surface area contributed by atoms with Gasteiger partial charge in [-0.3, -0.25) is 19.8 Å². The summed E-state index contributed by atoms with van der Waals surface area (Å²) in [6.07, 6.45) is 2.10. The van der Waals surface area contributed by atoms with Crippen molar-refractivity contribution in [2.75, 3.05) is 38.8 Å². The van der Waals surface area contributed by atoms with E-state index in [0.29, 0.717) is 17.5 Å². The average Bonchev–Trinajstić information content (AvgIpc) is 3.01. The summed E-state index contributed by atoms with van der Waals surface area (Å²) in [4.78, 5) is 25.0. The molecule has 2 heterocycles. The molecule has 0 bridgehead atoms. The van der Waals surface area contributed by atoms with Crippen LogP contribution in [0.3, 0.4) is 0 Å². The summed E-state index contributed by atoms with van der Waals surface area (Å²) < 4.78 is 10.4. The minimum atomic E-state index is -0.546. The Morgan fingerprint density at radius 1 is 1.40 bits per heavy atom. The molecule has 1 aromatic carbocycles. The third-order valence-electron chi connectivity index (χ3n) is 4.24. The molecule has 1 unspecified atom stereocenters. The highest BCUT2D eigenvalue weighted by Gasteiger charge is 2.26. The monoisotopic (exact) mass is 372 g/mol. The van der Waals surface area contributed by atoms with Gasteiger partial charge in [0, 0.05) is 18.7 Å². The minimum absolute atomic E-state index is 0. The number of nitrogens with zero attached hydrogens (tertiary/aromatic N) is 2. The number of hydrogen-bond acceptors (Lipinski definition) is 7. The molecule has 0 spiro atoms. The summed E-state index contributed by atoms with van der Waals surface area (Å²) in [5.41, 5.74) is -0.0872. The van der Waals surface area contributed by atoms with Gasteiger partial charge in [-0.25, -0.2) is 0 Å². The zero-order valence-electron chi connectivity index (χ0n) is 13.8. The van der Waals surface area contributed by atoms with Gasteiger partial charge in [0.05, 0.1) is 17.5 Å². The number of anilines is 1. The molecular weight excluding hydrogens is 352 g/mol. The Labute approximate surface area is 151 Å². The van der Waals surface area contributed by atoms with E-state index in [9.17, 15) is 14.9 Å². The Morgan fingerprint density at radius 3 is 2.80 bits per heavy atom. The molecule has 138 valence electrons. The smallest absolute Gasteiger partial charge is 0.296 e. The molecular formula is C15H21ClN4O5. The predicted molar refractivity (Wildman–Crippen MR) is 93.6 cm³/mol. The van der Waals surface area contributed by atoms with Crippen LogP contribution in [0.25, 0.3) is 0 Å². The fourth-order valence-electron chi connectivity index (χ4n) is 3.01. The molecule has 3 rings (SSSR count). The number of nitro benzene ring substituents is 1. The van der Waals surface area contributed by atoms with Crippen molar-refractivity contribution in [3.8, 4) is 11.5 Å². The van der Waals surface area contributed by atoms with Crippen molar-refractivity contribution < 1.29 is 19.2 Å². The van der Waals surface area contributed by atoms with E-state index in [1.54, 1.807) is 0 Å². The summed E-state index contributed by atoms with van der Waals surface area (Å²) in [5, 5.41) is 17.1. The van der Waals surface area contributed by atoms with Gasteiger partial charge in [-0.15, -0.1) is 12.4 Å². The van der Waals surface area contributed by atoms with Gasteiger partial charge in [0.1, 0.15) is 5.69 Å². The first-order chi connectivity index (χ1) is 11.6. The minimum Gasteiger partial charge on any atom is -0.454 e. The lowest BCUT2D eigenvalue weighted by Gasteiger charge is -2.31. The van der Waals surface area contributed by atoms with Crippen molar-refractivity contribution in [3.05, 3.63) is 22.2 Å². The molecule has 1 fully saturated rings. The summed E-state index contributed by atoms with van der Waals surface area (Å²) in [6, 6.07) is 3.08. The number of rotatable bonds is 5. The van der Waals surface area contributed by atoms with Gasteiger partial charge < -0.3 is 20.1 Å². The number of likely N-dealkylation sites (tertiary alicyclic amines) is 1. The molecule has 2 aliphatic heterocycles. The van der Waals surface area contributed by atoms with E-state index in [1.807, 2.05) is 11.9 Å². The van der Waals surface area contributed by atoms with Gasteiger partial charge in [0.25, 0.3) is 5.69 Å². The summed E-state index contributed by atoms with van der Waals surface area (Å²) in [7, 11) is 1.91. The molecule has 10 heteroatoms. The normalized spacial score (nSPS) is 19.2. The Kier molecular flexibility index (Phi) is 6.40. The number of carbonyl (C=O) groups excluding carboxylic acids is 1. The number of carbonyl (C=O) groups is 1. The predicted octanol–water partition coefficient (Wildman–Crippen LogP) is 1.37. The fraction of sp³-hybridized carbons (Fsp3) is 0.533. The lowest BCUT2D eigenvalue weighted by Crippen LogP contribution is -2.46. The van der Waals surface area contributed by atoms with Crippen LogP contribution in [0.5, 0.6) is 11.5 Å². The SMILES string of the molecule is CNC1CCCN(CC(=O)Nc2cc3c(cc2[N+](=O)[O-])OCO3)C1.Cl. The number of ether oxygens (including phenoxy) is 2. The maximum absolute atomic E-state index is 12.3. The van der Waals surface area contributed by atoms with Crippen molar-refractivity contribution in [1.29, 1.82) is 0 Å². The molecule has 9 nitrogen and oxygen atoms in total. The Bertz CT molecular complexity index is 657. The van der Waals surface area contributed by atoms with E-state index in [2.05, 4.69) is 10.6 Å². The highest BCUT2D eigenvalue weighted by Crippen LogP contribution is 2.40. The van der Waals surface area contributed by atoms with E-state index in [-0.39, 0.29) is 43.0 Å². The number of nitro groups is 1. The lowest BCUT2D eigenvalue weighted by molar-refractivity contribution is -0.384. The maximum Gasteiger partial charge on any atom is 0.296 e. The van der Waals surface area contributed by atoms with Crippen LogP contribution in [0.15, 0.2) is 12.1 Å². The third kappa shape index (κ3) is 4.50. The topological polar surface area (TPSA) is 106 Å². The van der Waals surface area contributed by atoms with Crippen molar-refractivity contribution in [2.45, 2.75) is 18.9 Å². The van der Waals surface area contributed by atoms with Crippen LogP contribution < -0.4 is 20.1 Å². The highest BCUT2D eigenvalue weighted by molar-refractivity contribution is 5.95. The number of hydrogen-bond donors (Lipinski definition) is 2. The van der Waals surface area contributed by atoms with Crippen molar-refractivity contribution in [2.24, 2.45) is 0 Å². The first-order valence-electron chi connectivity index (χ1n) is 7.84. The van der Waals surface area contributed by atoms with Gasteiger partial charge in [-0.05, 0) is 26.4 Å². The summed E-state index contributed by atoms with van der Waals surface area (Å²) in [5.74, 6) is 0.422. The van der Waals surface area contributed by atoms with E-state index >= 15 is 0 Å². The number of likely N-dealkylation sites (N-methyl/N-ethyl adjacent to an activating group) is 1. The van der Waals surface area contributed by atoms with E-state index in [4.69, 9.17) is 9.47 Å². The third-order valence-corrected chi connectivity index (χ3v) is 4.24. The van der Waals surface area contributed by atoms with Crippen molar-refractivity contribution in [1.82, 2.24) is 10.2 Å². The van der Waals surface area contributed by atoms with Gasteiger partial charge in [-0.2, -0.15) is 0 Å². The van der Waals surface area contributed by atoms with Gasteiger partial charge in [0.15, 0.2) is 11.5 Å². The molecule has 0 aromatic heterocycles. The fourth-order valence-corrected chi connectivity index (χ4v) is 3.01. The lowest BCUT2D eigenvalue weighted by atomic mass is 10.1. The number of benzene rings is 1. The standard InChI is InChI=1S/C15H20N4O5.ClH/c1-16-10-3-2-4-18(7-10)8-15(20)17-11-5-13-14(24-9-23-13)6-12(11)19(21)22;/h5-6,10,16H,2-4,7-9H2,1H3,(H,17,20);1H. The highest BCUT2D eigenvalue weighted by atomic mass is 35.5. The van der Waals surface area contributed by atoms with Crippen LogP contribution in [-0.2, 0) is 4.79 Å². The second kappa shape index (κ2) is 8.32. The number of nitrogens with one attached hydrogen (secondary N) is 2. The van der Waals surface area contributed by atoms with E-state index in [1.165, 1.54) is 12.1 Å². The van der Waals surface area contributed by atoms with Crippen LogP contribution in [0.1, 0.15) is 12.8 Å². The molecule has 0 aliphatic carbocycles. The Morgan fingerprint density at radius 2 is 2.12 bits per heavy atom. The van der Waals surface area contributed by atoms with Crippen molar-refractivity contribution >= 4 is 29.7 Å². The molecule has 2 N–H and O–H groups in total. The van der Waals surface area contributed by atoms with Gasteiger partial charge in [-0.1, -0.05) is 0 Å². The van der Waals surface area contributed by atoms with Gasteiger partial charge >= 0.3 is 0 Å². The van der Waals surface area contributed by atoms with Crippen LogP contribution in [0.2, 0.25) is 0 Å². The zero-order chi connectivity index (χ0) is 17.1. The Balaban J connectivity index is 0.00000225. The zero-order valence-corrected chi connectivity index (χ0v) is 14.6. The van der Waals surface area contributed by atoms with Crippen LogP contribution in [-0.4, -0.2) is 55.2 Å². The Hall–Kier alpha value is -2.10. The summed E-state index contributed by atoms with van der Waals surface area (Å²) in [6.45, 7) is 1.84. The van der Waals surface area contributed by atoms with Crippen molar-refractivity contribution in [3.63, 3.8) is 0 Å². The van der Waals surface area contributed by atoms with Gasteiger partial charge in [0.2, 0.25) is 12.7 Å². The second-order valence-electron chi connectivity index (χ2n) is 5.89. The molecule has 1 aromatic rings. The van der Waals surface area contributed by atoms with Crippen LogP contribution >= 0.6 is 12.4 Å². The first kappa shape index (κ1) is 19.2. The summed E-state index contributed by atoms with van der Waals surface area (Å²) >= 11 is 0. The number of halogens is 1. The van der Waals surface area contributed by atoms with E-state index in [0.717, 1.165) is 25.9 Å². The quantitative estimate of drug-likeness (QED) is 0.593. The molecule has 2 aliphatic rings. The molecule has 0 radical (unpaired) electrons.